The molecule has 0 fully saturated rings. The first-order valence-corrected chi connectivity index (χ1v) is 9.29. The zero-order valence-corrected chi connectivity index (χ0v) is 17.7. The predicted octanol–water partition coefficient (Wildman–Crippen LogP) is 3.33. The second kappa shape index (κ2) is 9.98. The number of carbonyl (C=O) groups is 2. The lowest BCUT2D eigenvalue weighted by molar-refractivity contribution is -0.130. The van der Waals surface area contributed by atoms with Gasteiger partial charge in [-0.25, -0.2) is 4.79 Å². The summed E-state index contributed by atoms with van der Waals surface area (Å²) in [5.41, 5.74) is -0.809. The summed E-state index contributed by atoms with van der Waals surface area (Å²) in [4.78, 5) is 24.7. The van der Waals surface area contributed by atoms with Crippen molar-refractivity contribution in [3.8, 4) is 17.6 Å². The van der Waals surface area contributed by atoms with E-state index in [4.69, 9.17) is 14.2 Å². The third kappa shape index (κ3) is 6.15. The standard InChI is InChI=1S/C21H30N2O5/c1-13(2)11-27-17-9-8-16(10-18(17)26-7)20(25)28-15(5)19(24)23-21(6,12-22)14(3)4/h8-10,13-15H,11H2,1-7H3,(H,23,24). The van der Waals surface area contributed by atoms with E-state index in [0.29, 0.717) is 24.0 Å². The fourth-order valence-electron chi connectivity index (χ4n) is 2.11. The topological polar surface area (TPSA) is 97.6 Å². The van der Waals surface area contributed by atoms with Gasteiger partial charge in [0.1, 0.15) is 5.54 Å². The summed E-state index contributed by atoms with van der Waals surface area (Å²) in [5.74, 6) is -0.0236. The maximum Gasteiger partial charge on any atom is 0.339 e. The largest absolute Gasteiger partial charge is 0.493 e. The Hall–Kier alpha value is -2.75. The van der Waals surface area contributed by atoms with Gasteiger partial charge in [-0.05, 0) is 43.9 Å². The van der Waals surface area contributed by atoms with Crippen LogP contribution >= 0.6 is 0 Å². The highest BCUT2D eigenvalue weighted by atomic mass is 16.5. The average molecular weight is 390 g/mol. The van der Waals surface area contributed by atoms with E-state index in [9.17, 15) is 14.9 Å². The molecular formula is C21H30N2O5. The van der Waals surface area contributed by atoms with Crippen molar-refractivity contribution in [3.63, 3.8) is 0 Å². The molecule has 0 spiro atoms. The van der Waals surface area contributed by atoms with Crippen LogP contribution in [0.25, 0.3) is 0 Å². The Labute approximate surface area is 167 Å². The molecule has 0 aliphatic heterocycles. The van der Waals surface area contributed by atoms with Crippen LogP contribution in [-0.4, -0.2) is 37.2 Å². The molecule has 7 nitrogen and oxygen atoms in total. The summed E-state index contributed by atoms with van der Waals surface area (Å²) in [7, 11) is 1.48. The lowest BCUT2D eigenvalue weighted by atomic mass is 9.90. The number of rotatable bonds is 9. The third-order valence-corrected chi connectivity index (χ3v) is 4.39. The van der Waals surface area contributed by atoms with Crippen LogP contribution in [-0.2, 0) is 9.53 Å². The van der Waals surface area contributed by atoms with E-state index in [1.807, 2.05) is 27.7 Å². The molecule has 0 saturated carbocycles. The minimum absolute atomic E-state index is 0.105. The highest BCUT2D eigenvalue weighted by Gasteiger charge is 2.32. The predicted molar refractivity (Wildman–Crippen MR) is 105 cm³/mol. The van der Waals surface area contributed by atoms with E-state index in [0.717, 1.165) is 0 Å². The second-order valence-corrected chi connectivity index (χ2v) is 7.58. The summed E-state index contributed by atoms with van der Waals surface area (Å²) >= 11 is 0. The molecule has 0 aromatic heterocycles. The van der Waals surface area contributed by atoms with Gasteiger partial charge in [-0.1, -0.05) is 27.7 Å². The molecule has 1 rings (SSSR count). The number of nitrogens with zero attached hydrogens (tertiary/aromatic N) is 1. The van der Waals surface area contributed by atoms with Crippen molar-refractivity contribution in [2.45, 2.75) is 53.2 Å². The Bertz CT molecular complexity index is 739. The minimum atomic E-state index is -1.05. The molecule has 0 aliphatic rings. The van der Waals surface area contributed by atoms with Gasteiger partial charge in [0.05, 0.1) is 25.3 Å². The number of carbonyl (C=O) groups excluding carboxylic acids is 2. The van der Waals surface area contributed by atoms with Crippen molar-refractivity contribution in [1.29, 1.82) is 5.26 Å². The van der Waals surface area contributed by atoms with Crippen molar-refractivity contribution >= 4 is 11.9 Å². The van der Waals surface area contributed by atoms with Crippen LogP contribution in [0.15, 0.2) is 18.2 Å². The third-order valence-electron chi connectivity index (χ3n) is 4.39. The first-order chi connectivity index (χ1) is 13.0. The monoisotopic (exact) mass is 390 g/mol. The van der Waals surface area contributed by atoms with Gasteiger partial charge >= 0.3 is 5.97 Å². The Morgan fingerprint density at radius 1 is 1.18 bits per heavy atom. The molecule has 28 heavy (non-hydrogen) atoms. The summed E-state index contributed by atoms with van der Waals surface area (Å²) in [6, 6.07) is 6.78. The summed E-state index contributed by atoms with van der Waals surface area (Å²) in [6.45, 7) is 11.3. The molecule has 0 bridgehead atoms. The highest BCUT2D eigenvalue weighted by molar-refractivity contribution is 5.93. The molecule has 2 unspecified atom stereocenters. The van der Waals surface area contributed by atoms with Gasteiger partial charge in [0.15, 0.2) is 17.6 Å². The number of benzene rings is 1. The smallest absolute Gasteiger partial charge is 0.339 e. The molecule has 1 amide bonds. The molecule has 0 saturated heterocycles. The molecular weight excluding hydrogens is 360 g/mol. The van der Waals surface area contributed by atoms with Gasteiger partial charge in [-0.15, -0.1) is 0 Å². The molecule has 1 aromatic carbocycles. The lowest BCUT2D eigenvalue weighted by Crippen LogP contribution is -2.52. The van der Waals surface area contributed by atoms with Crippen LogP contribution < -0.4 is 14.8 Å². The number of methoxy groups -OCH3 is 1. The zero-order valence-electron chi connectivity index (χ0n) is 17.7. The van der Waals surface area contributed by atoms with E-state index in [1.165, 1.54) is 20.1 Å². The zero-order chi connectivity index (χ0) is 21.5. The number of hydrogen-bond donors (Lipinski definition) is 1. The normalized spacial score (nSPS) is 14.0. The van der Waals surface area contributed by atoms with Crippen LogP contribution in [0.5, 0.6) is 11.5 Å². The molecule has 0 radical (unpaired) electrons. The second-order valence-electron chi connectivity index (χ2n) is 7.58. The van der Waals surface area contributed by atoms with Crippen molar-refractivity contribution in [2.24, 2.45) is 11.8 Å². The summed E-state index contributed by atoms with van der Waals surface area (Å²) in [6.07, 6.45) is -1.05. The summed E-state index contributed by atoms with van der Waals surface area (Å²) < 4.78 is 16.2. The van der Waals surface area contributed by atoms with Crippen LogP contribution in [0.1, 0.15) is 51.9 Å². The summed E-state index contributed by atoms with van der Waals surface area (Å²) in [5, 5.41) is 11.9. The molecule has 1 aromatic rings. The Kier molecular flexibility index (Phi) is 8.30. The fourth-order valence-corrected chi connectivity index (χ4v) is 2.11. The van der Waals surface area contributed by atoms with Crippen molar-refractivity contribution in [3.05, 3.63) is 23.8 Å². The first-order valence-electron chi connectivity index (χ1n) is 9.29. The minimum Gasteiger partial charge on any atom is -0.493 e. The van der Waals surface area contributed by atoms with Crippen molar-refractivity contribution in [2.75, 3.05) is 13.7 Å². The first kappa shape index (κ1) is 23.3. The quantitative estimate of drug-likeness (QED) is 0.650. The Balaban J connectivity index is 2.84. The Morgan fingerprint density at radius 3 is 2.32 bits per heavy atom. The number of nitrogens with one attached hydrogen (secondary N) is 1. The van der Waals surface area contributed by atoms with E-state index in [-0.39, 0.29) is 11.5 Å². The van der Waals surface area contributed by atoms with E-state index >= 15 is 0 Å². The maximum absolute atomic E-state index is 12.4. The van der Waals surface area contributed by atoms with Gasteiger partial charge in [0, 0.05) is 0 Å². The molecule has 154 valence electrons. The van der Waals surface area contributed by atoms with Gasteiger partial charge in [-0.3, -0.25) is 4.79 Å². The maximum atomic E-state index is 12.4. The number of hydrogen-bond acceptors (Lipinski definition) is 6. The van der Waals surface area contributed by atoms with Crippen LogP contribution in [0, 0.1) is 23.2 Å². The highest BCUT2D eigenvalue weighted by Crippen LogP contribution is 2.29. The average Bonchev–Trinajstić information content (AvgIpc) is 2.65. The van der Waals surface area contributed by atoms with E-state index in [2.05, 4.69) is 11.4 Å². The molecule has 1 N–H and O–H groups in total. The number of ether oxygens (including phenoxy) is 3. The molecule has 2 atom stereocenters. The lowest BCUT2D eigenvalue weighted by Gasteiger charge is -2.28. The molecule has 0 aliphatic carbocycles. The van der Waals surface area contributed by atoms with Crippen molar-refractivity contribution < 1.29 is 23.8 Å². The van der Waals surface area contributed by atoms with Gasteiger partial charge in [0.25, 0.3) is 5.91 Å². The van der Waals surface area contributed by atoms with E-state index < -0.39 is 23.5 Å². The molecule has 0 heterocycles. The van der Waals surface area contributed by atoms with Gasteiger partial charge in [0.2, 0.25) is 0 Å². The van der Waals surface area contributed by atoms with Crippen molar-refractivity contribution in [1.82, 2.24) is 5.32 Å². The SMILES string of the molecule is COc1cc(C(=O)OC(C)C(=O)NC(C)(C#N)C(C)C)ccc1OCC(C)C. The Morgan fingerprint density at radius 2 is 1.82 bits per heavy atom. The fraction of sp³-hybridized carbons (Fsp3) is 0.571. The van der Waals surface area contributed by atoms with Gasteiger partial charge < -0.3 is 19.5 Å². The number of esters is 1. The van der Waals surface area contributed by atoms with E-state index in [1.54, 1.807) is 19.1 Å². The van der Waals surface area contributed by atoms with Crippen LogP contribution in [0.4, 0.5) is 0 Å². The van der Waals surface area contributed by atoms with Crippen LogP contribution in [0.3, 0.4) is 0 Å². The van der Waals surface area contributed by atoms with Gasteiger partial charge in [-0.2, -0.15) is 5.26 Å². The molecule has 7 heteroatoms. The van der Waals surface area contributed by atoms with Crippen LogP contribution in [0.2, 0.25) is 0 Å². The number of amides is 1. The number of nitriles is 1.